The monoisotopic (exact) mass is 987 g/mol. The maximum absolute atomic E-state index is 11.9. The molecule has 2 heterocycles. The number of aliphatic carboxylic acids is 1. The molecule has 2 aliphatic rings. The SMILES string of the molecule is COC(=O)N(C=O)C(C)C(=O)O.COC(=O)O.COC(=O)O.COC(=O)OC.COC(=O)OCC1O[C@H](OC2COC(OC(=O)OC)C(OC(=O)OC)C2)CC(OC(=O)OC)[C@@H]1OC(=O)OC. The predicted octanol–water partition coefficient (Wildman–Crippen LogP) is 1.96. The minimum absolute atomic E-state index is 0.0649. The molecule has 0 radical (unpaired) electrons. The summed E-state index contributed by atoms with van der Waals surface area (Å²) in [5.41, 5.74) is 0. The second-order valence-corrected chi connectivity index (χ2v) is 11.2. The number of carbonyl (C=O) groups excluding carboxylic acids is 8. The van der Waals surface area contributed by atoms with Crippen LogP contribution in [-0.2, 0) is 94.9 Å². The Morgan fingerprint density at radius 2 is 1.01 bits per heavy atom. The van der Waals surface area contributed by atoms with Crippen molar-refractivity contribution in [3.8, 4) is 0 Å². The molecule has 2 aliphatic heterocycles. The van der Waals surface area contributed by atoms with Gasteiger partial charge in [0.25, 0.3) is 0 Å². The van der Waals surface area contributed by atoms with E-state index in [1.807, 2.05) is 0 Å². The van der Waals surface area contributed by atoms with Gasteiger partial charge in [-0.15, -0.1) is 0 Å². The summed E-state index contributed by atoms with van der Waals surface area (Å²) in [7, 11) is 11.1. The van der Waals surface area contributed by atoms with Gasteiger partial charge in [0.2, 0.25) is 12.7 Å². The molecule has 0 saturated carbocycles. The van der Waals surface area contributed by atoms with E-state index < -0.39 is 117 Å². The first-order valence-corrected chi connectivity index (χ1v) is 17.8. The lowest BCUT2D eigenvalue weighted by molar-refractivity contribution is -0.296. The molecule has 0 aliphatic carbocycles. The quantitative estimate of drug-likeness (QED) is 0.151. The van der Waals surface area contributed by atoms with Gasteiger partial charge in [0.15, 0.2) is 18.5 Å². The summed E-state index contributed by atoms with van der Waals surface area (Å²) >= 11 is 0. The highest BCUT2D eigenvalue weighted by Gasteiger charge is 2.47. The molecule has 2 amide bonds. The summed E-state index contributed by atoms with van der Waals surface area (Å²) in [5, 5.41) is 23.4. The second kappa shape index (κ2) is 36.8. The van der Waals surface area contributed by atoms with Gasteiger partial charge in [0.1, 0.15) is 24.9 Å². The van der Waals surface area contributed by atoms with Crippen LogP contribution >= 0.6 is 0 Å². The Kier molecular flexibility index (Phi) is 35.0. The van der Waals surface area contributed by atoms with E-state index in [0.29, 0.717) is 4.90 Å². The van der Waals surface area contributed by atoms with Crippen LogP contribution in [0.1, 0.15) is 19.8 Å². The van der Waals surface area contributed by atoms with Gasteiger partial charge in [0, 0.05) is 12.8 Å². The van der Waals surface area contributed by atoms with Crippen LogP contribution in [0, 0.1) is 0 Å². The molecule has 0 spiro atoms. The molecule has 0 aromatic rings. The van der Waals surface area contributed by atoms with Crippen molar-refractivity contribution in [2.75, 3.05) is 84.3 Å². The topological polar surface area (TPSA) is 418 Å². The molecular formula is C34H53NO32. The second-order valence-electron chi connectivity index (χ2n) is 11.2. The summed E-state index contributed by atoms with van der Waals surface area (Å²) in [6.45, 7) is 0.518. The first kappa shape index (κ1) is 63.7. The fourth-order valence-corrected chi connectivity index (χ4v) is 4.11. The van der Waals surface area contributed by atoms with E-state index in [4.69, 9.17) is 62.8 Å². The van der Waals surface area contributed by atoms with Gasteiger partial charge >= 0.3 is 61.3 Å². The molecule has 67 heavy (non-hydrogen) atoms. The van der Waals surface area contributed by atoms with Crippen molar-refractivity contribution in [1.82, 2.24) is 4.90 Å². The Morgan fingerprint density at radius 1 is 0.582 bits per heavy atom. The number of carboxylic acids is 1. The molecule has 386 valence electrons. The van der Waals surface area contributed by atoms with Crippen LogP contribution in [0.2, 0.25) is 0 Å². The molecule has 2 rings (SSSR count). The lowest BCUT2D eigenvalue weighted by Gasteiger charge is -2.41. The zero-order chi connectivity index (χ0) is 52.2. The average molecular weight is 988 g/mol. The summed E-state index contributed by atoms with van der Waals surface area (Å²) in [4.78, 5) is 118. The lowest BCUT2D eigenvalue weighted by Crippen LogP contribution is -2.56. The van der Waals surface area contributed by atoms with E-state index in [9.17, 15) is 43.2 Å². The van der Waals surface area contributed by atoms with Gasteiger partial charge in [-0.2, -0.15) is 0 Å². The molecule has 3 N–H and O–H groups in total. The average Bonchev–Trinajstić information content (AvgIpc) is 3.32. The van der Waals surface area contributed by atoms with E-state index in [2.05, 4.69) is 47.4 Å². The Bertz CT molecular complexity index is 1540. The van der Waals surface area contributed by atoms with Gasteiger partial charge < -0.3 is 101 Å². The minimum atomic E-state index is -1.34. The third-order valence-corrected chi connectivity index (χ3v) is 7.17. The zero-order valence-corrected chi connectivity index (χ0v) is 37.7. The molecule has 33 heteroatoms. The number of nitrogens with zero attached hydrogens (tertiary/aromatic N) is 1. The van der Waals surface area contributed by atoms with E-state index in [1.54, 1.807) is 0 Å². The zero-order valence-electron chi connectivity index (χ0n) is 37.7. The van der Waals surface area contributed by atoms with E-state index >= 15 is 0 Å². The first-order chi connectivity index (χ1) is 31.5. The van der Waals surface area contributed by atoms with Crippen molar-refractivity contribution in [1.29, 1.82) is 0 Å². The number of imide groups is 1. The fourth-order valence-electron chi connectivity index (χ4n) is 4.11. The summed E-state index contributed by atoms with van der Waals surface area (Å²) in [6.07, 6.45) is -18.0. The van der Waals surface area contributed by atoms with Crippen LogP contribution in [0.3, 0.4) is 0 Å². The highest BCUT2D eigenvalue weighted by molar-refractivity contribution is 5.87. The van der Waals surface area contributed by atoms with Gasteiger partial charge in [-0.25, -0.2) is 52.8 Å². The number of hydrogen-bond acceptors (Lipinski definition) is 29. The van der Waals surface area contributed by atoms with E-state index in [1.165, 1.54) is 21.1 Å². The highest BCUT2D eigenvalue weighted by atomic mass is 16.8. The van der Waals surface area contributed by atoms with Crippen LogP contribution in [0.25, 0.3) is 0 Å². The molecule has 0 aromatic carbocycles. The number of methoxy groups -OCH3 is 10. The fraction of sp³-hybridized carbons (Fsp3) is 0.676. The molecule has 2 fully saturated rings. The van der Waals surface area contributed by atoms with Crippen molar-refractivity contribution in [3.63, 3.8) is 0 Å². The van der Waals surface area contributed by atoms with Crippen molar-refractivity contribution in [2.24, 2.45) is 0 Å². The Hall–Kier alpha value is -7.55. The molecular weight excluding hydrogens is 934 g/mol. The summed E-state index contributed by atoms with van der Waals surface area (Å²) in [5.74, 6) is -1.27. The molecule has 6 unspecified atom stereocenters. The number of ether oxygens (including phenoxy) is 18. The van der Waals surface area contributed by atoms with Crippen molar-refractivity contribution >= 4 is 67.7 Å². The van der Waals surface area contributed by atoms with Gasteiger partial charge in [-0.1, -0.05) is 0 Å². The summed E-state index contributed by atoms with van der Waals surface area (Å²) < 4.78 is 84.6. The predicted molar refractivity (Wildman–Crippen MR) is 203 cm³/mol. The Morgan fingerprint density at radius 3 is 1.40 bits per heavy atom. The summed E-state index contributed by atoms with van der Waals surface area (Å²) in [6, 6.07) is -1.21. The van der Waals surface area contributed by atoms with Crippen molar-refractivity contribution in [2.45, 2.75) is 68.9 Å². The number of amides is 2. The lowest BCUT2D eigenvalue weighted by atomic mass is 10.0. The van der Waals surface area contributed by atoms with Gasteiger partial charge in [-0.05, 0) is 6.92 Å². The minimum Gasteiger partial charge on any atom is -0.480 e. The van der Waals surface area contributed by atoms with Crippen LogP contribution in [-0.4, -0.2) is 221 Å². The van der Waals surface area contributed by atoms with Crippen LogP contribution < -0.4 is 0 Å². The molecule has 2 saturated heterocycles. The standard InChI is InChI=1S/C21H30O18.C6H9NO5.C3H6O3.2C2H4O3/c1-27-17(22)33-9-13-15(38-20(25)30-4)11(36-18(23)28-2)7-14(35-13)34-10-6-12(37-19(24)29-3)16(32-8-10)39-21(26)31-5;1-4(5(9)10)7(3-8)6(11)12-2;1-5-3(4)6-2;2*1-5-2(3)4/h10-16H,6-9H2,1-5H3;3-4H,1-2H3,(H,9,10);1-2H3;2*1H3,(H,3,4)/t10?,11?,12?,13?,14-,15-,16?;;;;/m0..../s1. The van der Waals surface area contributed by atoms with E-state index in [0.717, 1.165) is 56.9 Å². The Balaban J connectivity index is -0.00000118. The van der Waals surface area contributed by atoms with E-state index in [-0.39, 0.29) is 25.9 Å². The largest absolute Gasteiger partial charge is 0.510 e. The van der Waals surface area contributed by atoms with Gasteiger partial charge in [-0.3, -0.25) is 4.79 Å². The number of rotatable bonds is 11. The maximum atomic E-state index is 11.9. The van der Waals surface area contributed by atoms with Crippen molar-refractivity contribution < 1.29 is 153 Å². The molecule has 8 atom stereocenters. The Labute approximate surface area is 379 Å². The van der Waals surface area contributed by atoms with Crippen LogP contribution in [0.15, 0.2) is 0 Å². The molecule has 0 bridgehead atoms. The molecule has 33 nitrogen and oxygen atoms in total. The van der Waals surface area contributed by atoms with Gasteiger partial charge in [0.05, 0.1) is 83.8 Å². The highest BCUT2D eigenvalue weighted by Crippen LogP contribution is 2.30. The number of carbonyl (C=O) groups is 11. The molecule has 0 aromatic heterocycles. The van der Waals surface area contributed by atoms with Crippen molar-refractivity contribution in [3.05, 3.63) is 0 Å². The third-order valence-electron chi connectivity index (χ3n) is 7.17. The third kappa shape index (κ3) is 28.8. The smallest absolute Gasteiger partial charge is 0.480 e. The number of hydrogen-bond donors (Lipinski definition) is 3. The number of carboxylic acid groups (broad SMARTS) is 3. The normalized spacial score (nSPS) is 20.0. The maximum Gasteiger partial charge on any atom is 0.510 e. The van der Waals surface area contributed by atoms with Crippen LogP contribution in [0.5, 0.6) is 0 Å². The van der Waals surface area contributed by atoms with Crippen LogP contribution in [0.4, 0.5) is 43.2 Å². The first-order valence-electron chi connectivity index (χ1n) is 17.8.